The summed E-state index contributed by atoms with van der Waals surface area (Å²) < 4.78 is 10.6. The van der Waals surface area contributed by atoms with Crippen LogP contribution < -0.4 is 41.0 Å². The van der Waals surface area contributed by atoms with Gasteiger partial charge in [-0.15, -0.1) is 0 Å². The average Bonchev–Trinajstić information content (AvgIpc) is 2.92. The SMILES string of the molecule is CCCCCCCCCCCCOC(=O)[C@@H](N)CSSC[C@H](N)C(=O)OCCCCCCCCCCCC.[H-].[Na+]. The second-order valence-corrected chi connectivity index (χ2v) is 13.0. The van der Waals surface area contributed by atoms with Crippen LogP contribution in [0, 0.1) is 0 Å². The standard InChI is InChI=1S/C30H60N2O4S2.Na.H/c1-3-5-7-9-11-13-15-17-19-21-23-35-29(33)27(31)25-37-38-26-28(32)30(34)36-24-22-20-18-16-14-12-10-8-6-4-2;;/h27-28H,3-26,31-32H2,1-2H3;;/q;+1;-1/t27-,28-;;/m0../s1. The Bertz CT molecular complexity index is 508. The molecule has 0 aliphatic carbocycles. The first kappa shape index (κ1) is 41.7. The fraction of sp³-hybridized carbons (Fsp3) is 0.933. The summed E-state index contributed by atoms with van der Waals surface area (Å²) in [6.45, 7) is 5.37. The monoisotopic (exact) mass is 600 g/mol. The summed E-state index contributed by atoms with van der Waals surface area (Å²) in [5, 5.41) is 0. The van der Waals surface area contributed by atoms with Gasteiger partial charge in [0.05, 0.1) is 13.2 Å². The molecule has 0 bridgehead atoms. The van der Waals surface area contributed by atoms with Crippen LogP contribution in [0.15, 0.2) is 0 Å². The fourth-order valence-corrected chi connectivity index (χ4v) is 6.33. The van der Waals surface area contributed by atoms with Crippen LogP contribution in [0.5, 0.6) is 0 Å². The first-order valence-corrected chi connectivity index (χ1v) is 18.1. The molecule has 0 aromatic heterocycles. The summed E-state index contributed by atoms with van der Waals surface area (Å²) >= 11 is 0. The van der Waals surface area contributed by atoms with E-state index in [-0.39, 0.29) is 42.9 Å². The molecule has 228 valence electrons. The first-order chi connectivity index (χ1) is 18.5. The molecule has 0 aliphatic heterocycles. The van der Waals surface area contributed by atoms with Crippen molar-refractivity contribution in [2.75, 3.05) is 24.7 Å². The van der Waals surface area contributed by atoms with Crippen LogP contribution >= 0.6 is 21.6 Å². The molecule has 0 saturated carbocycles. The van der Waals surface area contributed by atoms with Crippen LogP contribution in [0.1, 0.15) is 144 Å². The topological polar surface area (TPSA) is 105 Å². The van der Waals surface area contributed by atoms with Crippen molar-refractivity contribution in [1.82, 2.24) is 0 Å². The van der Waals surface area contributed by atoms with Crippen LogP contribution in [-0.2, 0) is 19.1 Å². The Morgan fingerprint density at radius 3 is 1.08 bits per heavy atom. The van der Waals surface area contributed by atoms with Gasteiger partial charge in [-0.05, 0) is 12.8 Å². The molecule has 9 heteroatoms. The molecule has 0 spiro atoms. The largest absolute Gasteiger partial charge is 1.00 e. The van der Waals surface area contributed by atoms with Crippen LogP contribution in [0.2, 0.25) is 0 Å². The van der Waals surface area contributed by atoms with Crippen molar-refractivity contribution in [3.63, 3.8) is 0 Å². The van der Waals surface area contributed by atoms with Crippen molar-refractivity contribution in [2.24, 2.45) is 11.5 Å². The fourth-order valence-electron chi connectivity index (χ4n) is 4.12. The van der Waals surface area contributed by atoms with Gasteiger partial charge in [0.1, 0.15) is 12.1 Å². The maximum absolute atomic E-state index is 12.1. The van der Waals surface area contributed by atoms with E-state index in [0.29, 0.717) is 24.7 Å². The Morgan fingerprint density at radius 2 is 0.795 bits per heavy atom. The van der Waals surface area contributed by atoms with Gasteiger partial charge in [-0.2, -0.15) is 0 Å². The summed E-state index contributed by atoms with van der Waals surface area (Å²) in [7, 11) is 2.89. The van der Waals surface area contributed by atoms with E-state index < -0.39 is 12.1 Å². The molecule has 0 radical (unpaired) electrons. The van der Waals surface area contributed by atoms with E-state index in [9.17, 15) is 9.59 Å². The van der Waals surface area contributed by atoms with Gasteiger partial charge in [0, 0.05) is 11.5 Å². The second-order valence-electron chi connectivity index (χ2n) is 10.5. The van der Waals surface area contributed by atoms with Gasteiger partial charge in [-0.1, -0.05) is 151 Å². The molecule has 0 aliphatic rings. The zero-order valence-corrected chi connectivity index (χ0v) is 29.4. The number of rotatable bonds is 29. The molecule has 0 aromatic carbocycles. The van der Waals surface area contributed by atoms with Crippen LogP contribution in [-0.4, -0.2) is 48.7 Å². The minimum atomic E-state index is -0.657. The number of nitrogens with two attached hydrogens (primary N) is 2. The molecule has 0 aromatic rings. The Balaban J connectivity index is -0.00000684. The van der Waals surface area contributed by atoms with Crippen LogP contribution in [0.3, 0.4) is 0 Å². The van der Waals surface area contributed by atoms with Gasteiger partial charge in [0.15, 0.2) is 0 Å². The third-order valence-electron chi connectivity index (χ3n) is 6.67. The smallest absolute Gasteiger partial charge is 1.00 e. The Hall–Kier alpha value is 0.560. The van der Waals surface area contributed by atoms with Crippen molar-refractivity contribution in [1.29, 1.82) is 0 Å². The number of carbonyl (C=O) groups is 2. The summed E-state index contributed by atoms with van der Waals surface area (Å²) in [4.78, 5) is 24.1. The summed E-state index contributed by atoms with van der Waals surface area (Å²) in [5.41, 5.74) is 11.9. The number of hydrogen-bond donors (Lipinski definition) is 2. The second kappa shape index (κ2) is 33.1. The van der Waals surface area contributed by atoms with Crippen molar-refractivity contribution in [2.45, 2.75) is 154 Å². The number of esters is 2. The zero-order chi connectivity index (χ0) is 28.1. The molecule has 0 unspecified atom stereocenters. The number of hydrogen-bond acceptors (Lipinski definition) is 8. The molecule has 4 N–H and O–H groups in total. The van der Waals surface area contributed by atoms with Gasteiger partial charge in [0.25, 0.3) is 0 Å². The maximum atomic E-state index is 12.1. The van der Waals surface area contributed by atoms with Gasteiger partial charge >= 0.3 is 41.5 Å². The summed E-state index contributed by atoms with van der Waals surface area (Å²) in [6, 6.07) is -1.31. The molecule has 2 atom stereocenters. The molecule has 0 heterocycles. The van der Waals surface area contributed by atoms with E-state index >= 15 is 0 Å². The predicted octanol–water partition coefficient (Wildman–Crippen LogP) is 5.07. The van der Waals surface area contributed by atoms with Gasteiger partial charge in [0.2, 0.25) is 0 Å². The molecular formula is C30H61N2NaO4S2. The number of ether oxygens (including phenoxy) is 2. The molecule has 39 heavy (non-hydrogen) atoms. The van der Waals surface area contributed by atoms with E-state index in [2.05, 4.69) is 13.8 Å². The van der Waals surface area contributed by atoms with Crippen molar-refractivity contribution >= 4 is 33.5 Å². The van der Waals surface area contributed by atoms with Gasteiger partial charge in [-0.3, -0.25) is 9.59 Å². The average molecular weight is 601 g/mol. The van der Waals surface area contributed by atoms with E-state index in [1.807, 2.05) is 0 Å². The quantitative estimate of drug-likeness (QED) is 0.0531. The van der Waals surface area contributed by atoms with Crippen molar-refractivity contribution < 1.29 is 50.0 Å². The number of carbonyl (C=O) groups excluding carboxylic acids is 2. The van der Waals surface area contributed by atoms with E-state index in [1.54, 1.807) is 0 Å². The maximum Gasteiger partial charge on any atom is 1.00 e. The normalized spacial score (nSPS) is 12.5. The third-order valence-corrected chi connectivity index (χ3v) is 9.14. The van der Waals surface area contributed by atoms with Crippen molar-refractivity contribution in [3.8, 4) is 0 Å². The molecule has 0 fully saturated rings. The van der Waals surface area contributed by atoms with E-state index in [0.717, 1.165) is 25.7 Å². The molecule has 0 rings (SSSR count). The minimum absolute atomic E-state index is 0. The molecule has 0 saturated heterocycles. The van der Waals surface area contributed by atoms with Crippen molar-refractivity contribution in [3.05, 3.63) is 0 Å². The van der Waals surface area contributed by atoms with Crippen LogP contribution in [0.4, 0.5) is 0 Å². The zero-order valence-electron chi connectivity index (χ0n) is 26.7. The molecule has 0 amide bonds. The molecule has 6 nitrogen and oxygen atoms in total. The number of unbranched alkanes of at least 4 members (excludes halogenated alkanes) is 18. The summed E-state index contributed by atoms with van der Waals surface area (Å²) in [6.07, 6.45) is 24.9. The summed E-state index contributed by atoms with van der Waals surface area (Å²) in [5.74, 6) is 0.160. The first-order valence-electron chi connectivity index (χ1n) is 15.6. The van der Waals surface area contributed by atoms with E-state index in [4.69, 9.17) is 20.9 Å². The Kier molecular flexibility index (Phi) is 35.4. The molecular weight excluding hydrogens is 539 g/mol. The van der Waals surface area contributed by atoms with Gasteiger partial charge < -0.3 is 22.4 Å². The minimum Gasteiger partial charge on any atom is -1.00 e. The van der Waals surface area contributed by atoms with Crippen LogP contribution in [0.25, 0.3) is 0 Å². The van der Waals surface area contributed by atoms with Gasteiger partial charge in [-0.25, -0.2) is 0 Å². The third kappa shape index (κ3) is 29.8. The Labute approximate surface area is 272 Å². The Morgan fingerprint density at radius 1 is 0.538 bits per heavy atom. The van der Waals surface area contributed by atoms with E-state index in [1.165, 1.54) is 124 Å². The predicted molar refractivity (Wildman–Crippen MR) is 168 cm³/mol.